The van der Waals surface area contributed by atoms with Gasteiger partial charge in [-0.25, -0.2) is 18.8 Å². The summed E-state index contributed by atoms with van der Waals surface area (Å²) in [7, 11) is -0.788. The van der Waals surface area contributed by atoms with E-state index >= 15 is 0 Å². The van der Waals surface area contributed by atoms with E-state index in [2.05, 4.69) is 15.5 Å². The molecule has 174 valence electrons. The Morgan fingerprint density at radius 3 is 2.55 bits per heavy atom. The van der Waals surface area contributed by atoms with Crippen LogP contribution in [0.3, 0.4) is 0 Å². The van der Waals surface area contributed by atoms with Crippen molar-refractivity contribution < 1.29 is 22.7 Å². The molecule has 0 spiro atoms. The Kier molecular flexibility index (Phi) is 7.62. The predicted octanol–water partition coefficient (Wildman–Crippen LogP) is 3.48. The number of fused-ring (bicyclic) bond motifs is 1. The van der Waals surface area contributed by atoms with Gasteiger partial charge in [-0.2, -0.15) is 5.10 Å². The van der Waals surface area contributed by atoms with Crippen molar-refractivity contribution in [3.8, 4) is 11.5 Å². The summed E-state index contributed by atoms with van der Waals surface area (Å²) in [6, 6.07) is 11.5. The zero-order valence-electron chi connectivity index (χ0n) is 17.9. The van der Waals surface area contributed by atoms with Crippen LogP contribution in [0.1, 0.15) is 5.56 Å². The highest BCUT2D eigenvalue weighted by atomic mass is 35.5. The summed E-state index contributed by atoms with van der Waals surface area (Å²) in [5, 5.41) is 5.06. The lowest BCUT2D eigenvalue weighted by molar-refractivity contribution is -0.119. The number of methoxy groups -OCH3 is 2. The number of hydrogen-bond donors (Lipinski definition) is 1. The van der Waals surface area contributed by atoms with Crippen LogP contribution in [-0.4, -0.2) is 52.5 Å². The van der Waals surface area contributed by atoms with E-state index in [1.54, 1.807) is 25.3 Å². The van der Waals surface area contributed by atoms with Gasteiger partial charge < -0.3 is 9.47 Å². The number of benzene rings is 2. The Labute approximate surface area is 201 Å². The molecular weight excluding hydrogens is 491 g/mol. The standard InChI is InChI=1S/C21H20Cl2N4O5S/c1-31-16-6-4-13-8-14(21(23)25-18(13)10-16)11-24-26-20(28)12-27(33(3,29)30)15-5-7-19(32-2)17(22)9-15/h4-11H,12H2,1-3H3,(H,26,28)/b24-11-. The molecule has 0 saturated carbocycles. The maximum Gasteiger partial charge on any atom is 0.260 e. The average Bonchev–Trinajstić information content (AvgIpc) is 2.76. The van der Waals surface area contributed by atoms with Crippen LogP contribution in [0.25, 0.3) is 10.9 Å². The molecule has 0 atom stereocenters. The molecule has 3 aromatic rings. The summed E-state index contributed by atoms with van der Waals surface area (Å²) < 4.78 is 35.6. The quantitative estimate of drug-likeness (QED) is 0.282. The number of carbonyl (C=O) groups excluding carboxylic acids is 1. The fraction of sp³-hybridized carbons (Fsp3) is 0.190. The van der Waals surface area contributed by atoms with Crippen LogP contribution in [0.15, 0.2) is 47.6 Å². The van der Waals surface area contributed by atoms with Gasteiger partial charge >= 0.3 is 0 Å². The molecule has 0 fully saturated rings. The number of pyridine rings is 1. The average molecular weight is 511 g/mol. The van der Waals surface area contributed by atoms with Crippen molar-refractivity contribution in [1.82, 2.24) is 10.4 Å². The molecule has 0 aliphatic rings. The maximum absolute atomic E-state index is 12.4. The minimum absolute atomic E-state index is 0.180. The summed E-state index contributed by atoms with van der Waals surface area (Å²) >= 11 is 12.3. The smallest absolute Gasteiger partial charge is 0.260 e. The third-order valence-electron chi connectivity index (χ3n) is 4.51. The number of anilines is 1. The topological polar surface area (TPSA) is 110 Å². The Balaban J connectivity index is 1.75. The van der Waals surface area contributed by atoms with Crippen molar-refractivity contribution in [3.05, 3.63) is 58.2 Å². The van der Waals surface area contributed by atoms with Crippen LogP contribution in [0.2, 0.25) is 10.2 Å². The lowest BCUT2D eigenvalue weighted by Crippen LogP contribution is -2.39. The molecular formula is C21H20Cl2N4O5S. The van der Waals surface area contributed by atoms with Gasteiger partial charge in [0, 0.05) is 17.0 Å². The molecule has 33 heavy (non-hydrogen) atoms. The van der Waals surface area contributed by atoms with Crippen LogP contribution < -0.4 is 19.2 Å². The molecule has 0 aliphatic heterocycles. The Hall–Kier alpha value is -3.08. The number of ether oxygens (including phenoxy) is 2. The van der Waals surface area contributed by atoms with Gasteiger partial charge in [-0.3, -0.25) is 9.10 Å². The van der Waals surface area contributed by atoms with Gasteiger partial charge in [0.25, 0.3) is 5.91 Å². The molecule has 1 aromatic heterocycles. The van der Waals surface area contributed by atoms with Crippen molar-refractivity contribution in [3.63, 3.8) is 0 Å². The third kappa shape index (κ3) is 6.04. The van der Waals surface area contributed by atoms with Crippen LogP contribution in [0.5, 0.6) is 11.5 Å². The number of nitrogens with zero attached hydrogens (tertiary/aromatic N) is 3. The second-order valence-electron chi connectivity index (χ2n) is 6.81. The van der Waals surface area contributed by atoms with E-state index in [1.165, 1.54) is 31.5 Å². The number of sulfonamides is 1. The van der Waals surface area contributed by atoms with Crippen molar-refractivity contribution in [2.45, 2.75) is 0 Å². The minimum Gasteiger partial charge on any atom is -0.497 e. The Morgan fingerprint density at radius 1 is 1.15 bits per heavy atom. The van der Waals surface area contributed by atoms with Gasteiger partial charge in [0.2, 0.25) is 10.0 Å². The molecule has 1 N–H and O–H groups in total. The van der Waals surface area contributed by atoms with Crippen molar-refractivity contribution in [2.75, 3.05) is 31.3 Å². The first-order valence-corrected chi connectivity index (χ1v) is 12.0. The van der Waals surface area contributed by atoms with E-state index in [9.17, 15) is 13.2 Å². The SMILES string of the molecule is COc1ccc2cc(/C=N\NC(=O)CN(c3ccc(OC)c(Cl)c3)S(C)(=O)=O)c(Cl)nc2c1. The molecule has 2 aromatic carbocycles. The van der Waals surface area contributed by atoms with E-state index in [-0.39, 0.29) is 15.9 Å². The molecule has 1 amide bonds. The van der Waals surface area contributed by atoms with Gasteiger partial charge in [-0.15, -0.1) is 0 Å². The molecule has 0 aliphatic carbocycles. The molecule has 0 saturated heterocycles. The number of amides is 1. The van der Waals surface area contributed by atoms with Crippen LogP contribution in [0, 0.1) is 0 Å². The number of aromatic nitrogens is 1. The van der Waals surface area contributed by atoms with Gasteiger partial charge in [0.15, 0.2) is 0 Å². The second kappa shape index (κ2) is 10.2. The monoisotopic (exact) mass is 510 g/mol. The predicted molar refractivity (Wildman–Crippen MR) is 129 cm³/mol. The summed E-state index contributed by atoms with van der Waals surface area (Å²) in [6.45, 7) is -0.512. The molecule has 1 heterocycles. The number of hydrazone groups is 1. The van der Waals surface area contributed by atoms with Crippen LogP contribution in [-0.2, 0) is 14.8 Å². The summed E-state index contributed by atoms with van der Waals surface area (Å²) in [5.74, 6) is 0.355. The van der Waals surface area contributed by atoms with Crippen molar-refractivity contribution in [2.24, 2.45) is 5.10 Å². The first-order valence-electron chi connectivity index (χ1n) is 9.40. The van der Waals surface area contributed by atoms with E-state index in [4.69, 9.17) is 32.7 Å². The van der Waals surface area contributed by atoms with E-state index in [1.807, 2.05) is 6.07 Å². The number of halogens is 2. The summed E-state index contributed by atoms with van der Waals surface area (Å²) in [4.78, 5) is 16.7. The third-order valence-corrected chi connectivity index (χ3v) is 6.25. The highest BCUT2D eigenvalue weighted by molar-refractivity contribution is 7.92. The van der Waals surface area contributed by atoms with E-state index in [0.717, 1.165) is 15.9 Å². The first kappa shape index (κ1) is 24.6. The minimum atomic E-state index is -3.78. The molecule has 0 bridgehead atoms. The van der Waals surface area contributed by atoms with Gasteiger partial charge in [-0.1, -0.05) is 23.2 Å². The highest BCUT2D eigenvalue weighted by Gasteiger charge is 2.21. The first-order chi connectivity index (χ1) is 15.6. The zero-order chi connectivity index (χ0) is 24.2. The number of hydrogen-bond acceptors (Lipinski definition) is 7. The van der Waals surface area contributed by atoms with Crippen molar-refractivity contribution >= 4 is 61.9 Å². The molecule has 3 rings (SSSR count). The summed E-state index contributed by atoms with van der Waals surface area (Å²) in [6.07, 6.45) is 2.31. The van der Waals surface area contributed by atoms with Gasteiger partial charge in [0.1, 0.15) is 23.2 Å². The molecule has 0 unspecified atom stereocenters. The van der Waals surface area contributed by atoms with Crippen LogP contribution >= 0.6 is 23.2 Å². The van der Waals surface area contributed by atoms with E-state index < -0.39 is 22.5 Å². The molecule has 9 nitrogen and oxygen atoms in total. The second-order valence-corrected chi connectivity index (χ2v) is 9.48. The van der Waals surface area contributed by atoms with E-state index in [0.29, 0.717) is 22.6 Å². The van der Waals surface area contributed by atoms with Gasteiger partial charge in [-0.05, 0) is 36.4 Å². The van der Waals surface area contributed by atoms with Crippen molar-refractivity contribution in [1.29, 1.82) is 0 Å². The molecule has 0 radical (unpaired) electrons. The van der Waals surface area contributed by atoms with Gasteiger partial charge in [0.05, 0.1) is 42.9 Å². The maximum atomic E-state index is 12.4. The normalized spacial score (nSPS) is 11.5. The lowest BCUT2D eigenvalue weighted by Gasteiger charge is -2.22. The number of rotatable bonds is 8. The Morgan fingerprint density at radius 2 is 1.91 bits per heavy atom. The fourth-order valence-corrected chi connectivity index (χ4v) is 4.20. The fourth-order valence-electron chi connectivity index (χ4n) is 2.91. The number of carbonyl (C=O) groups is 1. The van der Waals surface area contributed by atoms with Crippen LogP contribution in [0.4, 0.5) is 5.69 Å². The Bertz CT molecular complexity index is 1330. The largest absolute Gasteiger partial charge is 0.497 e. The lowest BCUT2D eigenvalue weighted by atomic mass is 10.1. The zero-order valence-corrected chi connectivity index (χ0v) is 20.2. The highest BCUT2D eigenvalue weighted by Crippen LogP contribution is 2.30. The number of nitrogens with one attached hydrogen (secondary N) is 1. The molecule has 12 heteroatoms. The summed E-state index contributed by atoms with van der Waals surface area (Å²) in [5.41, 5.74) is 3.61.